The van der Waals surface area contributed by atoms with Gasteiger partial charge in [-0.25, -0.2) is 0 Å². The topological polar surface area (TPSA) is 20.2 Å². The quantitative estimate of drug-likeness (QED) is 0.650. The number of rotatable bonds is 4. The summed E-state index contributed by atoms with van der Waals surface area (Å²) in [6.07, 6.45) is 0. The molecule has 3 aromatic carbocycles. The molecule has 0 radical (unpaired) electrons. The number of benzene rings is 3. The van der Waals surface area contributed by atoms with Crippen molar-refractivity contribution in [1.82, 2.24) is 0 Å². The van der Waals surface area contributed by atoms with Gasteiger partial charge in [0.05, 0.1) is 4.83 Å². The van der Waals surface area contributed by atoms with Crippen LogP contribution in [-0.2, 0) is 5.60 Å². The van der Waals surface area contributed by atoms with Crippen molar-refractivity contribution < 1.29 is 5.11 Å². The fraction of sp³-hybridized carbons (Fsp3) is 0.100. The smallest absolute Gasteiger partial charge is 0.131 e. The lowest BCUT2D eigenvalue weighted by Gasteiger charge is -2.34. The van der Waals surface area contributed by atoms with Crippen molar-refractivity contribution in [2.24, 2.45) is 0 Å². The second-order valence-corrected chi connectivity index (χ2v) is 6.19. The van der Waals surface area contributed by atoms with Crippen LogP contribution in [0.25, 0.3) is 0 Å². The molecule has 0 bridgehead atoms. The second-order valence-electron chi connectivity index (χ2n) is 5.27. The molecule has 0 amide bonds. The molecule has 1 atom stereocenters. The third kappa shape index (κ3) is 2.72. The van der Waals surface area contributed by atoms with Gasteiger partial charge < -0.3 is 5.11 Å². The van der Waals surface area contributed by atoms with E-state index >= 15 is 0 Å². The van der Waals surface area contributed by atoms with Gasteiger partial charge in [-0.15, -0.1) is 0 Å². The number of aliphatic hydroxyl groups is 1. The summed E-state index contributed by atoms with van der Waals surface area (Å²) >= 11 is 3.73. The molecule has 0 saturated carbocycles. The van der Waals surface area contributed by atoms with Crippen LogP contribution in [0.4, 0.5) is 0 Å². The van der Waals surface area contributed by atoms with Crippen molar-refractivity contribution in [3.05, 3.63) is 108 Å². The zero-order valence-corrected chi connectivity index (χ0v) is 13.6. The molecule has 0 aliphatic rings. The first-order valence-corrected chi connectivity index (χ1v) is 8.17. The zero-order valence-electron chi connectivity index (χ0n) is 12.1. The zero-order chi connectivity index (χ0) is 15.4. The maximum absolute atomic E-state index is 11.6. The van der Waals surface area contributed by atoms with Crippen LogP contribution in [0.1, 0.15) is 21.5 Å². The predicted molar refractivity (Wildman–Crippen MR) is 94.0 cm³/mol. The van der Waals surface area contributed by atoms with Crippen molar-refractivity contribution in [3.63, 3.8) is 0 Å². The Morgan fingerprint density at radius 2 is 1.00 bits per heavy atom. The fourth-order valence-electron chi connectivity index (χ4n) is 2.71. The molecular weight excluding hydrogens is 336 g/mol. The average molecular weight is 353 g/mol. The summed E-state index contributed by atoms with van der Waals surface area (Å²) in [7, 11) is 0. The summed E-state index contributed by atoms with van der Waals surface area (Å²) in [5, 5.41) is 11.6. The monoisotopic (exact) mass is 352 g/mol. The molecule has 0 fully saturated rings. The summed E-state index contributed by atoms with van der Waals surface area (Å²) in [6.45, 7) is 0. The Hall–Kier alpha value is -1.90. The molecule has 0 unspecified atom stereocenters. The minimum Gasteiger partial charge on any atom is -0.379 e. The summed E-state index contributed by atoms with van der Waals surface area (Å²) in [6, 6.07) is 29.6. The number of hydrogen-bond donors (Lipinski definition) is 1. The second kappa shape index (κ2) is 6.47. The van der Waals surface area contributed by atoms with Gasteiger partial charge in [0, 0.05) is 0 Å². The van der Waals surface area contributed by atoms with Crippen LogP contribution < -0.4 is 0 Å². The Balaban J connectivity index is 2.16. The average Bonchev–Trinajstić information content (AvgIpc) is 2.62. The first kappa shape index (κ1) is 15.0. The van der Waals surface area contributed by atoms with Crippen molar-refractivity contribution in [2.75, 3.05) is 0 Å². The molecule has 0 aliphatic carbocycles. The number of hydrogen-bond acceptors (Lipinski definition) is 1. The molecular formula is C20H17BrO. The molecule has 110 valence electrons. The van der Waals surface area contributed by atoms with Crippen LogP contribution in [0.5, 0.6) is 0 Å². The fourth-order valence-corrected chi connectivity index (χ4v) is 3.54. The largest absolute Gasteiger partial charge is 0.379 e. The molecule has 3 rings (SSSR count). The highest BCUT2D eigenvalue weighted by Crippen LogP contribution is 2.45. The molecule has 1 N–H and O–H groups in total. The Labute approximate surface area is 139 Å². The van der Waals surface area contributed by atoms with Gasteiger partial charge in [0.2, 0.25) is 0 Å². The number of alkyl halides is 1. The normalized spacial score (nSPS) is 12.8. The third-order valence-electron chi connectivity index (χ3n) is 3.89. The van der Waals surface area contributed by atoms with Crippen LogP contribution in [0.3, 0.4) is 0 Å². The van der Waals surface area contributed by atoms with Gasteiger partial charge in [-0.1, -0.05) is 107 Å². The summed E-state index contributed by atoms with van der Waals surface area (Å²) < 4.78 is 0. The summed E-state index contributed by atoms with van der Waals surface area (Å²) in [5.74, 6) is 0. The molecule has 2 heteroatoms. The van der Waals surface area contributed by atoms with E-state index in [2.05, 4.69) is 15.9 Å². The van der Waals surface area contributed by atoms with Gasteiger partial charge in [-0.2, -0.15) is 0 Å². The van der Waals surface area contributed by atoms with Crippen molar-refractivity contribution in [2.45, 2.75) is 10.4 Å². The Morgan fingerprint density at radius 1 is 0.636 bits per heavy atom. The Bertz CT molecular complexity index is 671. The van der Waals surface area contributed by atoms with E-state index in [-0.39, 0.29) is 4.83 Å². The van der Waals surface area contributed by atoms with Gasteiger partial charge in [0.25, 0.3) is 0 Å². The molecule has 0 aromatic heterocycles. The molecule has 3 aromatic rings. The number of halogens is 1. The maximum atomic E-state index is 11.6. The maximum Gasteiger partial charge on any atom is 0.131 e. The van der Waals surface area contributed by atoms with E-state index in [0.29, 0.717) is 0 Å². The molecule has 0 spiro atoms. The Morgan fingerprint density at radius 3 is 1.41 bits per heavy atom. The minimum atomic E-state index is -1.14. The predicted octanol–water partition coefficient (Wildman–Crippen LogP) is 5.06. The van der Waals surface area contributed by atoms with E-state index in [4.69, 9.17) is 0 Å². The highest BCUT2D eigenvalue weighted by atomic mass is 79.9. The minimum absolute atomic E-state index is 0.244. The van der Waals surface area contributed by atoms with Crippen LogP contribution in [-0.4, -0.2) is 5.11 Å². The van der Waals surface area contributed by atoms with Gasteiger partial charge in [0.1, 0.15) is 5.60 Å². The van der Waals surface area contributed by atoms with Gasteiger partial charge in [-0.3, -0.25) is 0 Å². The lowest BCUT2D eigenvalue weighted by molar-refractivity contribution is 0.0798. The van der Waals surface area contributed by atoms with Gasteiger partial charge >= 0.3 is 0 Å². The highest BCUT2D eigenvalue weighted by molar-refractivity contribution is 9.09. The van der Waals surface area contributed by atoms with Gasteiger partial charge in [0.15, 0.2) is 0 Å². The van der Waals surface area contributed by atoms with Crippen LogP contribution in [0, 0.1) is 0 Å². The van der Waals surface area contributed by atoms with Crippen molar-refractivity contribution in [3.8, 4) is 0 Å². The molecule has 0 aliphatic heterocycles. The lowest BCUT2D eigenvalue weighted by atomic mass is 9.81. The lowest BCUT2D eigenvalue weighted by Crippen LogP contribution is -2.32. The van der Waals surface area contributed by atoms with Crippen LogP contribution in [0.2, 0.25) is 0 Å². The van der Waals surface area contributed by atoms with Crippen molar-refractivity contribution >= 4 is 15.9 Å². The highest BCUT2D eigenvalue weighted by Gasteiger charge is 2.39. The van der Waals surface area contributed by atoms with Crippen LogP contribution >= 0.6 is 15.9 Å². The SMILES string of the molecule is OC(c1ccccc1)(c1ccccc1)[C@H](Br)c1ccccc1. The third-order valence-corrected chi connectivity index (χ3v) is 5.08. The summed E-state index contributed by atoms with van der Waals surface area (Å²) in [4.78, 5) is -0.244. The molecule has 0 heterocycles. The first-order chi connectivity index (χ1) is 10.7. The molecule has 0 saturated heterocycles. The Kier molecular flexibility index (Phi) is 4.41. The van der Waals surface area contributed by atoms with E-state index in [1.54, 1.807) is 0 Å². The van der Waals surface area contributed by atoms with Crippen molar-refractivity contribution in [1.29, 1.82) is 0 Å². The van der Waals surface area contributed by atoms with E-state index in [9.17, 15) is 5.11 Å². The first-order valence-electron chi connectivity index (χ1n) is 7.25. The summed E-state index contributed by atoms with van der Waals surface area (Å²) in [5.41, 5.74) is 1.64. The molecule has 1 nitrogen and oxygen atoms in total. The van der Waals surface area contributed by atoms with E-state index in [1.807, 2.05) is 91.0 Å². The van der Waals surface area contributed by atoms with Gasteiger partial charge in [-0.05, 0) is 16.7 Å². The van der Waals surface area contributed by atoms with E-state index in [0.717, 1.165) is 16.7 Å². The van der Waals surface area contributed by atoms with E-state index < -0.39 is 5.60 Å². The van der Waals surface area contributed by atoms with Crippen LogP contribution in [0.15, 0.2) is 91.0 Å². The molecule has 22 heavy (non-hydrogen) atoms. The van der Waals surface area contributed by atoms with E-state index in [1.165, 1.54) is 0 Å². The standard InChI is InChI=1S/C20H17BrO/c21-19(16-10-4-1-5-11-16)20(22,17-12-6-2-7-13-17)18-14-8-3-9-15-18/h1-15,19,22H/t19-/m1/s1.